The minimum Gasteiger partial charge on any atom is -0.478 e. The third-order valence-corrected chi connectivity index (χ3v) is 2.94. The molecule has 2 N–H and O–H groups in total. The van der Waals surface area contributed by atoms with Crippen LogP contribution in [0.15, 0.2) is 36.5 Å². The van der Waals surface area contributed by atoms with Gasteiger partial charge in [0.05, 0.1) is 11.1 Å². The van der Waals surface area contributed by atoms with Crippen molar-refractivity contribution < 1.29 is 14.7 Å². The van der Waals surface area contributed by atoms with Crippen molar-refractivity contribution >= 4 is 17.6 Å². The van der Waals surface area contributed by atoms with Crippen LogP contribution in [0.1, 0.15) is 32.0 Å². The average molecular weight is 281 g/mol. The van der Waals surface area contributed by atoms with Crippen molar-refractivity contribution in [2.24, 2.45) is 0 Å². The molecule has 6 nitrogen and oxygen atoms in total. The van der Waals surface area contributed by atoms with E-state index in [-0.39, 0.29) is 11.3 Å². The van der Waals surface area contributed by atoms with E-state index in [9.17, 15) is 9.59 Å². The number of carboxylic acids is 1. The molecule has 0 bridgehead atoms. The second-order valence-electron chi connectivity index (χ2n) is 4.28. The second-order valence-corrected chi connectivity index (χ2v) is 4.28. The Kier molecular flexibility index (Phi) is 3.95. The molecule has 0 saturated carbocycles. The van der Waals surface area contributed by atoms with Gasteiger partial charge in [0, 0.05) is 11.9 Å². The molecule has 2 aromatic rings. The van der Waals surface area contributed by atoms with Gasteiger partial charge in [0.1, 0.15) is 11.8 Å². The number of aromatic nitrogens is 1. The Morgan fingerprint density at radius 2 is 2.05 bits per heavy atom. The summed E-state index contributed by atoms with van der Waals surface area (Å²) in [5, 5.41) is 20.3. The number of carbonyl (C=O) groups is 2. The maximum absolute atomic E-state index is 12.0. The molecule has 0 spiro atoms. The highest BCUT2D eigenvalue weighted by Crippen LogP contribution is 2.19. The van der Waals surface area contributed by atoms with Gasteiger partial charge in [-0.1, -0.05) is 6.07 Å². The molecule has 0 atom stereocenters. The standard InChI is InChI=1S/C15H11N3O3/c1-9-11(15(20)21)3-2-4-12(9)18-14(19)13-6-5-10(7-16)8-17-13/h2-6,8H,1H3,(H,18,19)(H,20,21). The van der Waals surface area contributed by atoms with E-state index >= 15 is 0 Å². The maximum Gasteiger partial charge on any atom is 0.336 e. The monoisotopic (exact) mass is 281 g/mol. The fourth-order valence-corrected chi connectivity index (χ4v) is 1.78. The second kappa shape index (κ2) is 5.84. The number of carboxylic acid groups (broad SMARTS) is 1. The van der Waals surface area contributed by atoms with E-state index < -0.39 is 11.9 Å². The predicted octanol–water partition coefficient (Wildman–Crippen LogP) is 2.21. The van der Waals surface area contributed by atoms with Crippen molar-refractivity contribution in [3.05, 3.63) is 58.9 Å². The van der Waals surface area contributed by atoms with Crippen molar-refractivity contribution in [3.63, 3.8) is 0 Å². The van der Waals surface area contributed by atoms with Gasteiger partial charge in [-0.2, -0.15) is 5.26 Å². The van der Waals surface area contributed by atoms with E-state index in [1.54, 1.807) is 19.1 Å². The summed E-state index contributed by atoms with van der Waals surface area (Å²) in [4.78, 5) is 27.0. The summed E-state index contributed by atoms with van der Waals surface area (Å²) in [6.07, 6.45) is 1.30. The molecule has 0 aliphatic rings. The summed E-state index contributed by atoms with van der Waals surface area (Å²) in [5.74, 6) is -1.52. The number of amides is 1. The number of carbonyl (C=O) groups excluding carboxylic acids is 1. The van der Waals surface area contributed by atoms with E-state index in [0.717, 1.165) is 0 Å². The molecule has 1 aromatic heterocycles. The average Bonchev–Trinajstić information content (AvgIpc) is 2.49. The van der Waals surface area contributed by atoms with Crippen molar-refractivity contribution in [2.75, 3.05) is 5.32 Å². The molecule has 0 fully saturated rings. The lowest BCUT2D eigenvalue weighted by Gasteiger charge is -2.10. The minimum atomic E-state index is -1.06. The Morgan fingerprint density at radius 1 is 1.29 bits per heavy atom. The van der Waals surface area contributed by atoms with Crippen molar-refractivity contribution in [1.29, 1.82) is 5.26 Å². The van der Waals surface area contributed by atoms with E-state index in [4.69, 9.17) is 10.4 Å². The van der Waals surface area contributed by atoms with E-state index in [1.165, 1.54) is 24.4 Å². The lowest BCUT2D eigenvalue weighted by molar-refractivity contribution is 0.0695. The van der Waals surface area contributed by atoms with Gasteiger partial charge in [0.25, 0.3) is 5.91 Å². The van der Waals surface area contributed by atoms with Gasteiger partial charge >= 0.3 is 5.97 Å². The zero-order valence-corrected chi connectivity index (χ0v) is 11.1. The maximum atomic E-state index is 12.0. The molecule has 104 valence electrons. The van der Waals surface area contributed by atoms with Crippen LogP contribution in [0.4, 0.5) is 5.69 Å². The highest BCUT2D eigenvalue weighted by atomic mass is 16.4. The molecule has 1 heterocycles. The molecule has 1 amide bonds. The molecule has 0 aliphatic heterocycles. The number of rotatable bonds is 3. The molecular weight excluding hydrogens is 270 g/mol. The lowest BCUT2D eigenvalue weighted by atomic mass is 10.1. The van der Waals surface area contributed by atoms with E-state index in [1.807, 2.05) is 6.07 Å². The quantitative estimate of drug-likeness (QED) is 0.897. The molecule has 6 heteroatoms. The van der Waals surface area contributed by atoms with Gasteiger partial charge in [0.15, 0.2) is 0 Å². The van der Waals surface area contributed by atoms with Crippen LogP contribution < -0.4 is 5.32 Å². The smallest absolute Gasteiger partial charge is 0.336 e. The third kappa shape index (κ3) is 3.04. The number of anilines is 1. The van der Waals surface area contributed by atoms with Gasteiger partial charge in [-0.15, -0.1) is 0 Å². The number of hydrogen-bond acceptors (Lipinski definition) is 4. The molecule has 0 unspecified atom stereocenters. The minimum absolute atomic E-state index is 0.126. The fraction of sp³-hybridized carbons (Fsp3) is 0.0667. The largest absolute Gasteiger partial charge is 0.478 e. The fourth-order valence-electron chi connectivity index (χ4n) is 1.78. The van der Waals surface area contributed by atoms with Crippen LogP contribution in [0.25, 0.3) is 0 Å². The number of nitriles is 1. The van der Waals surface area contributed by atoms with Gasteiger partial charge < -0.3 is 10.4 Å². The van der Waals surface area contributed by atoms with Crippen LogP contribution in [-0.4, -0.2) is 22.0 Å². The van der Waals surface area contributed by atoms with Gasteiger partial charge in [-0.25, -0.2) is 9.78 Å². The number of pyridine rings is 1. The Labute approximate surface area is 120 Å². The number of hydrogen-bond donors (Lipinski definition) is 2. The first-order valence-electron chi connectivity index (χ1n) is 6.03. The number of nitrogens with one attached hydrogen (secondary N) is 1. The molecule has 21 heavy (non-hydrogen) atoms. The van der Waals surface area contributed by atoms with Crippen LogP contribution in [-0.2, 0) is 0 Å². The first-order chi connectivity index (χ1) is 10.0. The topological polar surface area (TPSA) is 103 Å². The highest BCUT2D eigenvalue weighted by Gasteiger charge is 2.13. The van der Waals surface area contributed by atoms with Crippen molar-refractivity contribution in [2.45, 2.75) is 6.92 Å². The number of nitrogens with zero attached hydrogens (tertiary/aromatic N) is 2. The zero-order valence-electron chi connectivity index (χ0n) is 11.1. The van der Waals surface area contributed by atoms with Gasteiger partial charge in [-0.3, -0.25) is 4.79 Å². The van der Waals surface area contributed by atoms with Crippen LogP contribution >= 0.6 is 0 Å². The summed E-state index contributed by atoms with van der Waals surface area (Å²) in [6, 6.07) is 9.47. The van der Waals surface area contributed by atoms with Gasteiger partial charge in [0.2, 0.25) is 0 Å². The van der Waals surface area contributed by atoms with Crippen LogP contribution in [0.3, 0.4) is 0 Å². The summed E-state index contributed by atoms with van der Waals surface area (Å²) in [5.41, 5.74) is 1.50. The number of benzene rings is 1. The molecule has 1 aromatic carbocycles. The molecule has 0 aliphatic carbocycles. The Morgan fingerprint density at radius 3 is 2.62 bits per heavy atom. The first kappa shape index (κ1) is 14.2. The van der Waals surface area contributed by atoms with Gasteiger partial charge in [-0.05, 0) is 36.8 Å². The van der Waals surface area contributed by atoms with Crippen molar-refractivity contribution in [1.82, 2.24) is 4.98 Å². The zero-order chi connectivity index (χ0) is 15.4. The Bertz CT molecular complexity index is 746. The van der Waals surface area contributed by atoms with Crippen LogP contribution in [0, 0.1) is 18.3 Å². The highest BCUT2D eigenvalue weighted by molar-refractivity contribution is 6.04. The normalized spacial score (nSPS) is 9.71. The molecule has 2 rings (SSSR count). The molecule has 0 radical (unpaired) electrons. The third-order valence-electron chi connectivity index (χ3n) is 2.94. The predicted molar refractivity (Wildman–Crippen MR) is 75.0 cm³/mol. The number of aromatic carboxylic acids is 1. The van der Waals surface area contributed by atoms with Crippen LogP contribution in [0.2, 0.25) is 0 Å². The first-order valence-corrected chi connectivity index (χ1v) is 6.03. The molecule has 0 saturated heterocycles. The lowest BCUT2D eigenvalue weighted by Crippen LogP contribution is -2.15. The summed E-state index contributed by atoms with van der Waals surface area (Å²) >= 11 is 0. The Balaban J connectivity index is 2.25. The summed E-state index contributed by atoms with van der Waals surface area (Å²) < 4.78 is 0. The summed E-state index contributed by atoms with van der Waals surface area (Å²) in [7, 11) is 0. The SMILES string of the molecule is Cc1c(NC(=O)c2ccc(C#N)cn2)cccc1C(=O)O. The van der Waals surface area contributed by atoms with Crippen molar-refractivity contribution in [3.8, 4) is 6.07 Å². The molecular formula is C15H11N3O3. The summed E-state index contributed by atoms with van der Waals surface area (Å²) in [6.45, 7) is 1.62. The van der Waals surface area contributed by atoms with E-state index in [0.29, 0.717) is 16.8 Å². The van der Waals surface area contributed by atoms with E-state index in [2.05, 4.69) is 10.3 Å². The van der Waals surface area contributed by atoms with Crippen LogP contribution in [0.5, 0.6) is 0 Å². The Hall–Kier alpha value is -3.20.